The Hall–Kier alpha value is -5.03. The summed E-state index contributed by atoms with van der Waals surface area (Å²) in [7, 11) is 0. The summed E-state index contributed by atoms with van der Waals surface area (Å²) in [5, 5.41) is 7.28. The van der Waals surface area contributed by atoms with Crippen molar-refractivity contribution in [2.75, 3.05) is 10.6 Å². The molecule has 6 nitrogen and oxygen atoms in total. The van der Waals surface area contributed by atoms with E-state index in [4.69, 9.17) is 23.2 Å². The first-order chi connectivity index (χ1) is 23.5. The minimum atomic E-state index is -4.75. The van der Waals surface area contributed by atoms with Gasteiger partial charge in [-0.05, 0) is 77.9 Å². The van der Waals surface area contributed by atoms with Crippen LogP contribution < -0.4 is 16.0 Å². The fourth-order valence-electron chi connectivity index (χ4n) is 4.61. The van der Waals surface area contributed by atoms with Crippen molar-refractivity contribution < 1.29 is 27.6 Å². The zero-order chi connectivity index (χ0) is 35.0. The van der Waals surface area contributed by atoms with E-state index in [1.54, 1.807) is 109 Å². The number of hydrogen-bond donors (Lipinski definition) is 3. The maximum absolute atomic E-state index is 13.8. The summed E-state index contributed by atoms with van der Waals surface area (Å²) in [6.07, 6.45) is -3.25. The fourth-order valence-corrected chi connectivity index (χ4v) is 5.99. The van der Waals surface area contributed by atoms with Gasteiger partial charge in [-0.2, -0.15) is 13.2 Å². The van der Waals surface area contributed by atoms with Crippen LogP contribution in [0, 0.1) is 0 Å². The largest absolute Gasteiger partial charge is 0.418 e. The van der Waals surface area contributed by atoms with Gasteiger partial charge in [0.05, 0.1) is 11.3 Å². The highest BCUT2D eigenvalue weighted by atomic mass is 35.5. The number of nitrogens with one attached hydrogen (secondary N) is 3. The number of rotatable bonds is 10. The van der Waals surface area contributed by atoms with Gasteiger partial charge >= 0.3 is 6.18 Å². The molecule has 0 aliphatic carbocycles. The van der Waals surface area contributed by atoms with Gasteiger partial charge in [0.2, 0.25) is 5.91 Å². The number of anilines is 2. The molecule has 0 aromatic heterocycles. The van der Waals surface area contributed by atoms with Gasteiger partial charge in [-0.25, -0.2) is 0 Å². The third kappa shape index (κ3) is 9.76. The highest BCUT2D eigenvalue weighted by molar-refractivity contribution is 8.00. The average Bonchev–Trinajstić information content (AvgIpc) is 3.09. The summed E-state index contributed by atoms with van der Waals surface area (Å²) in [5.74, 6) is -1.82. The van der Waals surface area contributed by atoms with Crippen molar-refractivity contribution in [3.05, 3.63) is 165 Å². The predicted octanol–water partition coefficient (Wildman–Crippen LogP) is 9.89. The molecule has 0 fully saturated rings. The van der Waals surface area contributed by atoms with Crippen molar-refractivity contribution in [3.63, 3.8) is 0 Å². The van der Waals surface area contributed by atoms with Crippen LogP contribution in [0.3, 0.4) is 0 Å². The van der Waals surface area contributed by atoms with Crippen LogP contribution in [0.25, 0.3) is 6.08 Å². The summed E-state index contributed by atoms with van der Waals surface area (Å²) >= 11 is 12.9. The Labute approximate surface area is 294 Å². The molecule has 0 spiro atoms. The van der Waals surface area contributed by atoms with Gasteiger partial charge in [-0.3, -0.25) is 14.4 Å². The predicted molar refractivity (Wildman–Crippen MR) is 189 cm³/mol. The number of carbonyl (C=O) groups excluding carboxylic acids is 3. The molecule has 49 heavy (non-hydrogen) atoms. The SMILES string of the molecule is O=C(Nc1cccc(SC(C(=O)Nc2ccc(Cl)cc2C(F)(F)F)c2ccccc2)c1)/C(=C/c1ccc(Cl)cc1)NC(=O)c1ccccc1. The lowest BCUT2D eigenvalue weighted by molar-refractivity contribution is -0.137. The van der Waals surface area contributed by atoms with E-state index in [2.05, 4.69) is 16.0 Å². The minimum absolute atomic E-state index is 0.0424. The quantitative estimate of drug-likeness (QED) is 0.0991. The summed E-state index contributed by atoms with van der Waals surface area (Å²) in [6, 6.07) is 33.4. The van der Waals surface area contributed by atoms with Gasteiger partial charge < -0.3 is 16.0 Å². The molecule has 1 unspecified atom stereocenters. The van der Waals surface area contributed by atoms with Gasteiger partial charge in [0.15, 0.2) is 0 Å². The number of alkyl halides is 3. The highest BCUT2D eigenvalue weighted by Crippen LogP contribution is 2.40. The highest BCUT2D eigenvalue weighted by Gasteiger charge is 2.35. The second kappa shape index (κ2) is 15.9. The van der Waals surface area contributed by atoms with Crippen LogP contribution >= 0.6 is 35.0 Å². The summed E-state index contributed by atoms with van der Waals surface area (Å²) in [5.41, 5.74) is 0.298. The zero-order valence-corrected chi connectivity index (χ0v) is 27.6. The molecule has 0 saturated heterocycles. The first-order valence-corrected chi connectivity index (χ1v) is 16.2. The van der Waals surface area contributed by atoms with Crippen molar-refractivity contribution in [1.29, 1.82) is 0 Å². The van der Waals surface area contributed by atoms with Crippen molar-refractivity contribution in [3.8, 4) is 0 Å². The maximum Gasteiger partial charge on any atom is 0.418 e. The summed E-state index contributed by atoms with van der Waals surface area (Å²) < 4.78 is 41.3. The molecule has 5 aromatic rings. The van der Waals surface area contributed by atoms with Crippen molar-refractivity contribution in [1.82, 2.24) is 5.32 Å². The molecule has 12 heteroatoms. The summed E-state index contributed by atoms with van der Waals surface area (Å²) in [4.78, 5) is 40.7. The third-order valence-electron chi connectivity index (χ3n) is 6.94. The third-order valence-corrected chi connectivity index (χ3v) is 8.68. The van der Waals surface area contributed by atoms with E-state index in [-0.39, 0.29) is 10.7 Å². The van der Waals surface area contributed by atoms with E-state index >= 15 is 0 Å². The van der Waals surface area contributed by atoms with E-state index in [0.717, 1.165) is 23.9 Å². The maximum atomic E-state index is 13.8. The molecule has 5 aromatic carbocycles. The van der Waals surface area contributed by atoms with E-state index in [9.17, 15) is 27.6 Å². The van der Waals surface area contributed by atoms with Crippen LogP contribution in [0.15, 0.2) is 138 Å². The van der Waals surface area contributed by atoms with Gasteiger partial charge in [0, 0.05) is 26.2 Å². The number of thioether (sulfide) groups is 1. The molecule has 3 amide bonds. The lowest BCUT2D eigenvalue weighted by Crippen LogP contribution is -2.30. The number of hydrogen-bond acceptors (Lipinski definition) is 4. The topological polar surface area (TPSA) is 87.3 Å². The second-order valence-corrected chi connectivity index (χ2v) is 12.5. The molecule has 3 N–H and O–H groups in total. The van der Waals surface area contributed by atoms with Crippen molar-refractivity contribution in [2.45, 2.75) is 16.3 Å². The smallest absolute Gasteiger partial charge is 0.324 e. The van der Waals surface area contributed by atoms with E-state index in [1.165, 1.54) is 12.1 Å². The van der Waals surface area contributed by atoms with Crippen LogP contribution in [0.1, 0.15) is 32.3 Å². The van der Waals surface area contributed by atoms with Crippen LogP contribution in [-0.4, -0.2) is 17.7 Å². The lowest BCUT2D eigenvalue weighted by atomic mass is 10.1. The molecule has 1 atom stereocenters. The van der Waals surface area contributed by atoms with Gasteiger partial charge in [0.1, 0.15) is 10.9 Å². The molecule has 0 radical (unpaired) electrons. The van der Waals surface area contributed by atoms with Crippen LogP contribution in [0.5, 0.6) is 0 Å². The van der Waals surface area contributed by atoms with Crippen LogP contribution in [0.2, 0.25) is 10.0 Å². The Kier molecular flexibility index (Phi) is 11.5. The Bertz CT molecular complexity index is 1990. The van der Waals surface area contributed by atoms with Crippen molar-refractivity contribution in [2.24, 2.45) is 0 Å². The fraction of sp³-hybridized carbons (Fsp3) is 0.0541. The normalized spacial score (nSPS) is 12.1. The number of amides is 3. The molecule has 0 aliphatic heterocycles. The molecular formula is C37H26Cl2F3N3O3S. The second-order valence-electron chi connectivity index (χ2n) is 10.5. The number of benzene rings is 5. The molecule has 0 saturated carbocycles. The first-order valence-electron chi connectivity index (χ1n) is 14.6. The Morgan fingerprint density at radius 3 is 2.04 bits per heavy atom. The van der Waals surface area contributed by atoms with E-state index in [0.29, 0.717) is 32.3 Å². The molecule has 5 rings (SSSR count). The van der Waals surface area contributed by atoms with Crippen LogP contribution in [-0.2, 0) is 15.8 Å². The molecular weight excluding hydrogens is 694 g/mol. The van der Waals surface area contributed by atoms with Gasteiger partial charge in [-0.15, -0.1) is 11.8 Å². The molecule has 248 valence electrons. The van der Waals surface area contributed by atoms with Gasteiger partial charge in [0.25, 0.3) is 11.8 Å². The molecule has 0 heterocycles. The van der Waals surface area contributed by atoms with E-state index in [1.807, 2.05) is 0 Å². The summed E-state index contributed by atoms with van der Waals surface area (Å²) in [6.45, 7) is 0. The minimum Gasteiger partial charge on any atom is -0.324 e. The molecule has 0 bridgehead atoms. The Balaban J connectivity index is 1.39. The average molecular weight is 721 g/mol. The lowest BCUT2D eigenvalue weighted by Gasteiger charge is -2.20. The number of halogens is 5. The van der Waals surface area contributed by atoms with E-state index < -0.39 is 40.4 Å². The van der Waals surface area contributed by atoms with Gasteiger partial charge in [-0.1, -0.05) is 89.9 Å². The monoisotopic (exact) mass is 719 g/mol. The zero-order valence-electron chi connectivity index (χ0n) is 25.3. The first kappa shape index (κ1) is 35.3. The standard InChI is InChI=1S/C37H26Cl2F3N3O3S/c38-26-16-14-23(15-17-26)20-32(45-34(46)25-10-5-2-6-11-25)35(47)43-28-12-7-13-29(22-28)49-33(24-8-3-1-4-9-24)36(48)44-31-19-18-27(39)21-30(31)37(40,41)42/h1-22,33H,(H,43,47)(H,44,48)(H,45,46)/b32-20-. The Morgan fingerprint density at radius 1 is 0.714 bits per heavy atom. The Morgan fingerprint density at radius 2 is 1.37 bits per heavy atom. The van der Waals surface area contributed by atoms with Crippen LogP contribution in [0.4, 0.5) is 24.5 Å². The number of carbonyl (C=O) groups is 3. The van der Waals surface area contributed by atoms with Crippen molar-refractivity contribution >= 4 is 70.1 Å². The molecule has 0 aliphatic rings.